The van der Waals surface area contributed by atoms with Gasteiger partial charge in [-0.25, -0.2) is 0 Å². The zero-order chi connectivity index (χ0) is 19.5. The van der Waals surface area contributed by atoms with Crippen molar-refractivity contribution in [2.45, 2.75) is 25.6 Å². The van der Waals surface area contributed by atoms with Crippen molar-refractivity contribution in [3.63, 3.8) is 0 Å². The van der Waals surface area contributed by atoms with E-state index in [4.69, 9.17) is 0 Å². The number of nitrogens with one attached hydrogen (secondary N) is 1. The molecular formula is C11H5F9NO4. The van der Waals surface area contributed by atoms with Crippen LogP contribution in [0, 0.1) is 0 Å². The number of hydrogen-bond acceptors (Lipinski definition) is 4. The molecule has 25 heavy (non-hydrogen) atoms. The van der Waals surface area contributed by atoms with Gasteiger partial charge >= 0.3 is 25.5 Å². The molecule has 5 nitrogen and oxygen atoms in total. The van der Waals surface area contributed by atoms with Gasteiger partial charge in [0, 0.05) is 6.54 Å². The van der Waals surface area contributed by atoms with Crippen LogP contribution in [-0.4, -0.2) is 25.5 Å². The number of amides is 1. The molecule has 0 aromatic heterocycles. The van der Waals surface area contributed by atoms with E-state index in [-0.39, 0.29) is 12.1 Å². The first-order chi connectivity index (χ1) is 11.2. The van der Waals surface area contributed by atoms with Crippen molar-refractivity contribution in [1.82, 2.24) is 5.32 Å². The molecule has 0 bridgehead atoms. The monoisotopic (exact) mass is 386 g/mol. The summed E-state index contributed by atoms with van der Waals surface area (Å²) in [7, 11) is 0. The van der Waals surface area contributed by atoms with Gasteiger partial charge in [-0.2, -0.15) is 0 Å². The molecule has 0 atom stereocenters. The topological polar surface area (TPSA) is 56.8 Å². The summed E-state index contributed by atoms with van der Waals surface area (Å²) in [6.45, 7) is -0.682. The predicted octanol–water partition coefficient (Wildman–Crippen LogP) is 3.54. The van der Waals surface area contributed by atoms with Crippen LogP contribution in [0.5, 0.6) is 17.2 Å². The summed E-state index contributed by atoms with van der Waals surface area (Å²) in [6, 6.07) is 0.560. The van der Waals surface area contributed by atoms with Gasteiger partial charge in [0.1, 0.15) is 0 Å². The Bertz CT molecular complexity index is 572. The molecule has 0 aliphatic rings. The average Bonchev–Trinajstić information content (AvgIpc) is 2.35. The van der Waals surface area contributed by atoms with E-state index in [1.165, 1.54) is 0 Å². The number of benzene rings is 1. The van der Waals surface area contributed by atoms with E-state index >= 15 is 0 Å². The summed E-state index contributed by atoms with van der Waals surface area (Å²) in [4.78, 5) is 10.0. The van der Waals surface area contributed by atoms with Crippen LogP contribution in [-0.2, 0) is 11.3 Å². The Balaban J connectivity index is 3.49. The molecule has 0 spiro atoms. The van der Waals surface area contributed by atoms with Crippen molar-refractivity contribution in [1.29, 1.82) is 0 Å². The summed E-state index contributed by atoms with van der Waals surface area (Å²) in [5.74, 6) is -5.51. The Morgan fingerprint density at radius 2 is 1.20 bits per heavy atom. The first kappa shape index (κ1) is 20.5. The molecule has 1 radical (unpaired) electrons. The third kappa shape index (κ3) is 7.71. The zero-order valence-electron chi connectivity index (χ0n) is 11.4. The minimum Gasteiger partial charge on any atom is -0.402 e. The molecular weight excluding hydrogens is 381 g/mol. The van der Waals surface area contributed by atoms with Crippen LogP contribution in [0.3, 0.4) is 0 Å². The highest BCUT2D eigenvalue weighted by Gasteiger charge is 2.41. The molecule has 1 N–H and O–H groups in total. The molecule has 0 saturated heterocycles. The maximum atomic E-state index is 12.3. The number of ether oxygens (including phenoxy) is 3. The fourth-order valence-corrected chi connectivity index (χ4v) is 1.49. The second-order valence-corrected chi connectivity index (χ2v) is 4.02. The fourth-order valence-electron chi connectivity index (χ4n) is 1.49. The summed E-state index contributed by atoms with van der Waals surface area (Å²) in [5.41, 5.74) is -0.517. The maximum absolute atomic E-state index is 12.3. The van der Waals surface area contributed by atoms with Crippen LogP contribution in [0.15, 0.2) is 12.1 Å². The van der Waals surface area contributed by atoms with Crippen molar-refractivity contribution >= 4 is 6.41 Å². The molecule has 14 heteroatoms. The molecule has 141 valence electrons. The second-order valence-electron chi connectivity index (χ2n) is 4.02. The Morgan fingerprint density at radius 1 is 0.800 bits per heavy atom. The van der Waals surface area contributed by atoms with Crippen LogP contribution < -0.4 is 19.5 Å². The lowest BCUT2D eigenvalue weighted by Crippen LogP contribution is -2.24. The van der Waals surface area contributed by atoms with Crippen molar-refractivity contribution in [2.75, 3.05) is 0 Å². The van der Waals surface area contributed by atoms with Gasteiger partial charge in [-0.3, -0.25) is 4.79 Å². The lowest BCUT2D eigenvalue weighted by atomic mass is 10.2. The van der Waals surface area contributed by atoms with Gasteiger partial charge in [-0.1, -0.05) is 0 Å². The Labute approximate surface area is 132 Å². The lowest BCUT2D eigenvalue weighted by Gasteiger charge is -2.20. The largest absolute Gasteiger partial charge is 0.573 e. The molecule has 1 rings (SSSR count). The van der Waals surface area contributed by atoms with Gasteiger partial charge in [-0.05, 0) is 17.7 Å². The molecule has 0 aliphatic carbocycles. The molecule has 1 aromatic carbocycles. The molecule has 0 heterocycles. The van der Waals surface area contributed by atoms with E-state index in [1.807, 2.05) is 0 Å². The van der Waals surface area contributed by atoms with E-state index in [2.05, 4.69) is 14.2 Å². The summed E-state index contributed by atoms with van der Waals surface area (Å²) in [5, 5.41) is 1.77. The van der Waals surface area contributed by atoms with Crippen molar-refractivity contribution < 1.29 is 58.5 Å². The van der Waals surface area contributed by atoms with Crippen LogP contribution in [0.1, 0.15) is 5.56 Å². The van der Waals surface area contributed by atoms with Crippen molar-refractivity contribution in [2.24, 2.45) is 0 Å². The number of alkyl halides is 9. The quantitative estimate of drug-likeness (QED) is 0.601. The van der Waals surface area contributed by atoms with E-state index < -0.39 is 48.4 Å². The number of rotatable bonds is 6. The smallest absolute Gasteiger partial charge is 0.402 e. The third-order valence-corrected chi connectivity index (χ3v) is 2.11. The standard InChI is InChI=1S/C11H5F9NO4/c12-9(13,14)23-6-1-5(3-21-4-22)2-7(24-10(15,16)17)8(6)25-11(18,19)20/h1-2H,3H2,(H,21,22). The number of carbonyl (C=O) groups excluding carboxylic acids is 1. The third-order valence-electron chi connectivity index (χ3n) is 2.11. The highest BCUT2D eigenvalue weighted by molar-refractivity contribution is 5.55. The molecule has 0 saturated carbocycles. The van der Waals surface area contributed by atoms with Crippen LogP contribution in [0.25, 0.3) is 0 Å². The van der Waals surface area contributed by atoms with Crippen LogP contribution in [0.4, 0.5) is 39.5 Å². The first-order valence-electron chi connectivity index (χ1n) is 5.74. The number of halogens is 9. The lowest BCUT2D eigenvalue weighted by molar-refractivity contribution is -0.293. The van der Waals surface area contributed by atoms with Gasteiger partial charge in [0.15, 0.2) is 11.5 Å². The zero-order valence-corrected chi connectivity index (χ0v) is 11.4. The Kier molecular flexibility index (Phi) is 5.86. The van der Waals surface area contributed by atoms with Gasteiger partial charge in [-0.15, -0.1) is 39.5 Å². The minimum atomic E-state index is -5.65. The summed E-state index contributed by atoms with van der Waals surface area (Å²) < 4.78 is 120. The Hall–Kier alpha value is -2.54. The second kappa shape index (κ2) is 7.14. The molecule has 0 aliphatic heterocycles. The fraction of sp³-hybridized carbons (Fsp3) is 0.364. The van der Waals surface area contributed by atoms with Crippen LogP contribution >= 0.6 is 0 Å². The SMILES string of the molecule is O=[C]NCc1cc(OC(F)(F)F)c(OC(F)(F)F)c(OC(F)(F)F)c1. The first-order valence-corrected chi connectivity index (χ1v) is 5.74. The maximum Gasteiger partial charge on any atom is 0.573 e. The van der Waals surface area contributed by atoms with Crippen LogP contribution in [0.2, 0.25) is 0 Å². The minimum absolute atomic E-state index is 0.280. The predicted molar refractivity (Wildman–Crippen MR) is 59.0 cm³/mol. The van der Waals surface area contributed by atoms with E-state index in [0.29, 0.717) is 0 Å². The summed E-state index contributed by atoms with van der Waals surface area (Å²) in [6.07, 6.45) is -15.7. The molecule has 1 aromatic rings. The van der Waals surface area contributed by atoms with E-state index in [9.17, 15) is 44.3 Å². The van der Waals surface area contributed by atoms with E-state index in [0.717, 1.165) is 6.41 Å². The molecule has 0 fully saturated rings. The van der Waals surface area contributed by atoms with Crippen molar-refractivity contribution in [3.05, 3.63) is 17.7 Å². The highest BCUT2D eigenvalue weighted by Crippen LogP contribution is 2.45. The normalized spacial score (nSPS) is 12.5. The van der Waals surface area contributed by atoms with Crippen molar-refractivity contribution in [3.8, 4) is 17.2 Å². The van der Waals surface area contributed by atoms with Gasteiger partial charge in [0.2, 0.25) is 5.75 Å². The molecule has 0 unspecified atom stereocenters. The Morgan fingerprint density at radius 3 is 1.52 bits per heavy atom. The average molecular weight is 386 g/mol. The van der Waals surface area contributed by atoms with Gasteiger partial charge in [0.05, 0.1) is 0 Å². The highest BCUT2D eigenvalue weighted by atomic mass is 19.4. The summed E-state index contributed by atoms with van der Waals surface area (Å²) >= 11 is 0. The van der Waals surface area contributed by atoms with Gasteiger partial charge in [0.25, 0.3) is 0 Å². The number of hydrogen-bond donors (Lipinski definition) is 1. The van der Waals surface area contributed by atoms with E-state index in [1.54, 1.807) is 5.32 Å². The van der Waals surface area contributed by atoms with Gasteiger partial charge < -0.3 is 19.5 Å². The molecule has 1 amide bonds.